The van der Waals surface area contributed by atoms with Crippen LogP contribution >= 0.6 is 0 Å². The minimum atomic E-state index is -0.638. The molecule has 0 saturated carbocycles. The Morgan fingerprint density at radius 2 is 1.97 bits per heavy atom. The van der Waals surface area contributed by atoms with Crippen molar-refractivity contribution in [3.05, 3.63) is 53.2 Å². The van der Waals surface area contributed by atoms with Crippen LogP contribution in [-0.2, 0) is 27.4 Å². The van der Waals surface area contributed by atoms with Crippen LogP contribution in [0.25, 0.3) is 22.3 Å². The summed E-state index contributed by atoms with van der Waals surface area (Å²) in [5.41, 5.74) is 5.23. The third kappa shape index (κ3) is 3.91. The minimum Gasteiger partial charge on any atom is -0.392 e. The fraction of sp³-hybridized carbons (Fsp3) is 0.429. The third-order valence-corrected chi connectivity index (χ3v) is 8.25. The molecule has 10 heteroatoms. The Balaban J connectivity index is 1.24. The number of aromatic nitrogens is 2. The van der Waals surface area contributed by atoms with Crippen molar-refractivity contribution >= 4 is 28.8 Å². The summed E-state index contributed by atoms with van der Waals surface area (Å²) in [6, 6.07) is 9.59. The lowest BCUT2D eigenvalue weighted by Gasteiger charge is -2.29. The van der Waals surface area contributed by atoms with Gasteiger partial charge in [-0.2, -0.15) is 0 Å². The Labute approximate surface area is 219 Å². The molecule has 2 N–H and O–H groups in total. The standard InChI is InChI=1S/C28H29N5O5/c34-20-5-7-31(13-20)11-18-10-23(29-26-21(18)6-8-32(26)19-14-38-15-19)16-1-2-22-17(9-16)12-33(28(22)37)24-3-4-25(35)30-27(24)36/h1-2,6,8-10,19-20,24,34H,3-5,7,11-15H2,(H,30,35,36). The molecule has 0 bridgehead atoms. The van der Waals surface area contributed by atoms with E-state index in [2.05, 4.69) is 33.1 Å². The van der Waals surface area contributed by atoms with Crippen molar-refractivity contribution in [1.82, 2.24) is 24.7 Å². The SMILES string of the molecule is O=C1CCC(N2Cc3cc(-c4cc(CN5CCC(O)C5)c5ccn(C6COC6)c5n4)ccc3C2=O)C(=O)N1. The zero-order chi connectivity index (χ0) is 26.0. The van der Waals surface area contributed by atoms with Crippen molar-refractivity contribution in [3.8, 4) is 11.3 Å². The van der Waals surface area contributed by atoms with E-state index < -0.39 is 11.9 Å². The molecule has 0 spiro atoms. The molecule has 196 valence electrons. The monoisotopic (exact) mass is 515 g/mol. The van der Waals surface area contributed by atoms with Crippen molar-refractivity contribution in [2.45, 2.75) is 50.5 Å². The molecule has 3 aromatic rings. The predicted octanol–water partition coefficient (Wildman–Crippen LogP) is 1.60. The van der Waals surface area contributed by atoms with E-state index >= 15 is 0 Å². The number of imide groups is 1. The molecule has 2 atom stereocenters. The highest BCUT2D eigenvalue weighted by atomic mass is 16.5. The van der Waals surface area contributed by atoms with E-state index in [1.165, 1.54) is 0 Å². The summed E-state index contributed by atoms with van der Waals surface area (Å²) in [5.74, 6) is -0.889. The quantitative estimate of drug-likeness (QED) is 0.496. The number of β-amino-alcohol motifs (C(OH)–C–C–N with tert-alkyl or cyclic N) is 1. The first-order chi connectivity index (χ1) is 18.4. The summed E-state index contributed by atoms with van der Waals surface area (Å²) in [6.45, 7) is 3.90. The zero-order valence-electron chi connectivity index (χ0n) is 20.9. The highest BCUT2D eigenvalue weighted by Crippen LogP contribution is 2.34. The van der Waals surface area contributed by atoms with Crippen molar-refractivity contribution in [2.24, 2.45) is 0 Å². The average Bonchev–Trinajstić information content (AvgIpc) is 3.56. The number of piperidine rings is 1. The molecule has 3 amide bonds. The van der Waals surface area contributed by atoms with Crippen molar-refractivity contribution in [3.63, 3.8) is 0 Å². The molecule has 0 aliphatic carbocycles. The number of rotatable bonds is 5. The lowest BCUT2D eigenvalue weighted by Crippen LogP contribution is -2.52. The van der Waals surface area contributed by atoms with Gasteiger partial charge in [-0.05, 0) is 48.2 Å². The molecule has 4 aliphatic rings. The second kappa shape index (κ2) is 9.00. The van der Waals surface area contributed by atoms with Gasteiger partial charge in [-0.25, -0.2) is 4.98 Å². The molecule has 4 aliphatic heterocycles. The predicted molar refractivity (Wildman–Crippen MR) is 137 cm³/mol. The topological polar surface area (TPSA) is 117 Å². The number of fused-ring (bicyclic) bond motifs is 2. The van der Waals surface area contributed by atoms with Crippen LogP contribution in [0, 0.1) is 0 Å². The maximum absolute atomic E-state index is 13.1. The van der Waals surface area contributed by atoms with Crippen LogP contribution in [0.1, 0.15) is 46.8 Å². The normalized spacial score (nSPS) is 24.2. The molecule has 3 saturated heterocycles. The highest BCUT2D eigenvalue weighted by molar-refractivity contribution is 6.05. The average molecular weight is 516 g/mol. The number of nitrogens with zero attached hydrogens (tertiary/aromatic N) is 4. The first kappa shape index (κ1) is 23.5. The summed E-state index contributed by atoms with van der Waals surface area (Å²) in [4.78, 5) is 46.1. The number of likely N-dealkylation sites (tertiary alicyclic amines) is 1. The molecular formula is C28H29N5O5. The van der Waals surface area contributed by atoms with Gasteiger partial charge in [0.25, 0.3) is 5.91 Å². The maximum Gasteiger partial charge on any atom is 0.255 e. The fourth-order valence-electron chi connectivity index (χ4n) is 6.08. The van der Waals surface area contributed by atoms with Gasteiger partial charge < -0.3 is 19.3 Å². The Morgan fingerprint density at radius 3 is 2.71 bits per heavy atom. The van der Waals surface area contributed by atoms with Crippen LogP contribution in [0.3, 0.4) is 0 Å². The fourth-order valence-corrected chi connectivity index (χ4v) is 6.08. The Bertz CT molecular complexity index is 1480. The van der Waals surface area contributed by atoms with E-state index in [1.54, 1.807) is 4.90 Å². The summed E-state index contributed by atoms with van der Waals surface area (Å²) in [7, 11) is 0. The Hall–Kier alpha value is -3.60. The number of hydrogen-bond acceptors (Lipinski definition) is 7. The Kier molecular flexibility index (Phi) is 5.57. The maximum atomic E-state index is 13.1. The largest absolute Gasteiger partial charge is 0.392 e. The van der Waals surface area contributed by atoms with Gasteiger partial charge >= 0.3 is 0 Å². The molecule has 2 aromatic heterocycles. The van der Waals surface area contributed by atoms with E-state index in [9.17, 15) is 19.5 Å². The first-order valence-electron chi connectivity index (χ1n) is 13.2. The smallest absolute Gasteiger partial charge is 0.255 e. The van der Waals surface area contributed by atoms with Gasteiger partial charge in [-0.1, -0.05) is 6.07 Å². The van der Waals surface area contributed by atoms with Gasteiger partial charge in [-0.3, -0.25) is 24.6 Å². The number of carbonyl (C=O) groups excluding carboxylic acids is 3. The minimum absolute atomic E-state index is 0.184. The highest BCUT2D eigenvalue weighted by Gasteiger charge is 2.39. The second-order valence-corrected chi connectivity index (χ2v) is 10.8. The Morgan fingerprint density at radius 1 is 1.11 bits per heavy atom. The number of carbonyl (C=O) groups is 3. The third-order valence-electron chi connectivity index (χ3n) is 8.25. The molecular weight excluding hydrogens is 486 g/mol. The van der Waals surface area contributed by atoms with E-state index in [1.807, 2.05) is 18.2 Å². The second-order valence-electron chi connectivity index (χ2n) is 10.8. The van der Waals surface area contributed by atoms with Crippen molar-refractivity contribution < 1.29 is 24.2 Å². The van der Waals surface area contributed by atoms with Crippen LogP contribution in [0.5, 0.6) is 0 Å². The van der Waals surface area contributed by atoms with E-state index in [0.29, 0.717) is 38.3 Å². The molecule has 10 nitrogen and oxygen atoms in total. The molecule has 2 unspecified atom stereocenters. The first-order valence-corrected chi connectivity index (χ1v) is 13.2. The summed E-state index contributed by atoms with van der Waals surface area (Å²) in [5, 5.41) is 13.5. The zero-order valence-corrected chi connectivity index (χ0v) is 20.9. The van der Waals surface area contributed by atoms with Gasteiger partial charge in [0.05, 0.1) is 31.1 Å². The van der Waals surface area contributed by atoms with Gasteiger partial charge in [-0.15, -0.1) is 0 Å². The van der Waals surface area contributed by atoms with E-state index in [-0.39, 0.29) is 30.4 Å². The van der Waals surface area contributed by atoms with Crippen molar-refractivity contribution in [1.29, 1.82) is 0 Å². The molecule has 0 radical (unpaired) electrons. The molecule has 38 heavy (non-hydrogen) atoms. The summed E-state index contributed by atoms with van der Waals surface area (Å²) < 4.78 is 7.62. The number of pyridine rings is 1. The number of ether oxygens (including phenoxy) is 1. The number of hydrogen-bond donors (Lipinski definition) is 2. The molecule has 7 rings (SSSR count). The summed E-state index contributed by atoms with van der Waals surface area (Å²) in [6.07, 6.45) is 3.14. The van der Waals surface area contributed by atoms with Gasteiger partial charge in [0, 0.05) is 55.3 Å². The number of nitrogens with one attached hydrogen (secondary N) is 1. The van der Waals surface area contributed by atoms with E-state index in [0.717, 1.165) is 52.9 Å². The molecule has 1 aromatic carbocycles. The van der Waals surface area contributed by atoms with Crippen LogP contribution in [-0.4, -0.2) is 80.6 Å². The summed E-state index contributed by atoms with van der Waals surface area (Å²) >= 11 is 0. The van der Waals surface area contributed by atoms with E-state index in [4.69, 9.17) is 9.72 Å². The molecule has 6 heterocycles. The number of benzene rings is 1. The van der Waals surface area contributed by atoms with Crippen LogP contribution in [0.4, 0.5) is 0 Å². The van der Waals surface area contributed by atoms with Gasteiger partial charge in [0.1, 0.15) is 11.7 Å². The van der Waals surface area contributed by atoms with Crippen LogP contribution < -0.4 is 5.32 Å². The van der Waals surface area contributed by atoms with Gasteiger partial charge in [0.2, 0.25) is 11.8 Å². The number of aliphatic hydroxyl groups is 1. The number of aliphatic hydroxyl groups excluding tert-OH is 1. The lowest BCUT2D eigenvalue weighted by atomic mass is 10.0. The number of amides is 3. The van der Waals surface area contributed by atoms with Crippen LogP contribution in [0.2, 0.25) is 0 Å². The lowest BCUT2D eigenvalue weighted by molar-refractivity contribution is -0.136. The van der Waals surface area contributed by atoms with Gasteiger partial charge in [0.15, 0.2) is 0 Å². The van der Waals surface area contributed by atoms with Crippen LogP contribution in [0.15, 0.2) is 36.5 Å². The van der Waals surface area contributed by atoms with Crippen molar-refractivity contribution in [2.75, 3.05) is 26.3 Å². The molecule has 3 fully saturated rings.